The van der Waals surface area contributed by atoms with Gasteiger partial charge >= 0.3 is 0 Å². The molecule has 0 fully saturated rings. The topological polar surface area (TPSA) is 43.8 Å². The van der Waals surface area contributed by atoms with Gasteiger partial charge in [0.25, 0.3) is 0 Å². The Kier molecular flexibility index (Phi) is 3.24. The van der Waals surface area contributed by atoms with Crippen molar-refractivity contribution in [1.29, 1.82) is 0 Å². The normalized spacial score (nSPS) is 10.8. The van der Waals surface area contributed by atoms with E-state index in [1.54, 1.807) is 0 Å². The van der Waals surface area contributed by atoms with E-state index in [1.807, 2.05) is 24.5 Å². The number of aromatic nitrogens is 2. The fourth-order valence-electron chi connectivity index (χ4n) is 2.48. The van der Waals surface area contributed by atoms with E-state index in [-0.39, 0.29) is 0 Å². The molecule has 0 radical (unpaired) electrons. The average Bonchev–Trinajstić information content (AvgIpc) is 2.82. The van der Waals surface area contributed by atoms with Crippen LogP contribution in [-0.4, -0.2) is 14.5 Å². The summed E-state index contributed by atoms with van der Waals surface area (Å²) in [6.07, 6.45) is 5.83. The van der Waals surface area contributed by atoms with E-state index in [0.29, 0.717) is 4.99 Å². The molecule has 0 aliphatic rings. The summed E-state index contributed by atoms with van der Waals surface area (Å²) in [4.78, 5) is 4.67. The van der Waals surface area contributed by atoms with Crippen molar-refractivity contribution in [3.8, 4) is 0 Å². The maximum atomic E-state index is 5.77. The number of aryl methyl sites for hydroxylation is 1. The van der Waals surface area contributed by atoms with Gasteiger partial charge in [0.15, 0.2) is 0 Å². The molecule has 20 heavy (non-hydrogen) atoms. The third kappa shape index (κ3) is 2.30. The number of hydrogen-bond acceptors (Lipinski definition) is 2. The monoisotopic (exact) mass is 281 g/mol. The molecule has 1 aromatic carbocycles. The van der Waals surface area contributed by atoms with Crippen molar-refractivity contribution in [2.45, 2.75) is 13.5 Å². The van der Waals surface area contributed by atoms with Crippen molar-refractivity contribution in [3.63, 3.8) is 0 Å². The first-order valence-corrected chi connectivity index (χ1v) is 6.84. The third-order valence-corrected chi connectivity index (χ3v) is 3.58. The predicted octanol–water partition coefficient (Wildman–Crippen LogP) is 3.03. The van der Waals surface area contributed by atoms with Gasteiger partial charge in [0, 0.05) is 41.6 Å². The molecule has 100 valence electrons. The maximum Gasteiger partial charge on any atom is 0.104 e. The molecule has 3 rings (SSSR count). The molecule has 0 saturated carbocycles. The Morgan fingerprint density at radius 1 is 1.30 bits per heavy atom. The van der Waals surface area contributed by atoms with Crippen molar-refractivity contribution in [2.24, 2.45) is 5.73 Å². The van der Waals surface area contributed by atoms with Gasteiger partial charge in [-0.3, -0.25) is 4.98 Å². The maximum absolute atomic E-state index is 5.77. The van der Waals surface area contributed by atoms with E-state index in [0.717, 1.165) is 23.0 Å². The lowest BCUT2D eigenvalue weighted by atomic mass is 10.1. The van der Waals surface area contributed by atoms with Crippen LogP contribution in [0.15, 0.2) is 48.9 Å². The summed E-state index contributed by atoms with van der Waals surface area (Å²) >= 11 is 5.10. The first-order chi connectivity index (χ1) is 9.65. The van der Waals surface area contributed by atoms with Gasteiger partial charge in [0.05, 0.1) is 0 Å². The number of thiocarbonyl (C=S) groups is 1. The minimum Gasteiger partial charge on any atom is -0.389 e. The molecule has 0 aliphatic heterocycles. The molecule has 0 unspecified atom stereocenters. The number of hydrogen-bond donors (Lipinski definition) is 1. The second-order valence-electron chi connectivity index (χ2n) is 4.92. The van der Waals surface area contributed by atoms with Crippen LogP contribution < -0.4 is 5.73 Å². The zero-order valence-electron chi connectivity index (χ0n) is 11.2. The molecule has 0 saturated heterocycles. The summed E-state index contributed by atoms with van der Waals surface area (Å²) in [5, 5.41) is 1.10. The predicted molar refractivity (Wildman–Crippen MR) is 85.9 cm³/mol. The summed E-state index contributed by atoms with van der Waals surface area (Å²) in [6.45, 7) is 2.84. The van der Waals surface area contributed by atoms with Crippen LogP contribution in [0.3, 0.4) is 0 Å². The first kappa shape index (κ1) is 12.8. The quantitative estimate of drug-likeness (QED) is 0.750. The average molecular weight is 281 g/mol. The van der Waals surface area contributed by atoms with Crippen LogP contribution in [0.4, 0.5) is 0 Å². The Labute approximate surface area is 123 Å². The number of benzene rings is 1. The zero-order valence-corrected chi connectivity index (χ0v) is 12.0. The van der Waals surface area contributed by atoms with Gasteiger partial charge in [-0.05, 0) is 30.2 Å². The van der Waals surface area contributed by atoms with Crippen molar-refractivity contribution < 1.29 is 0 Å². The summed E-state index contributed by atoms with van der Waals surface area (Å²) in [6, 6.07) is 10.2. The van der Waals surface area contributed by atoms with Crippen LogP contribution in [0.25, 0.3) is 10.9 Å². The molecule has 2 aromatic heterocycles. The van der Waals surface area contributed by atoms with Crippen molar-refractivity contribution in [3.05, 3.63) is 65.6 Å². The van der Waals surface area contributed by atoms with Crippen LogP contribution in [0.2, 0.25) is 0 Å². The van der Waals surface area contributed by atoms with Gasteiger partial charge in [-0.15, -0.1) is 0 Å². The molecular formula is C16H15N3S. The standard InChI is InChI=1S/C16H15N3S/c1-11-7-12(9-18-8-11)10-19-6-5-13-14(16(17)20)3-2-4-15(13)19/h2-9H,10H2,1H3,(H2,17,20). The van der Waals surface area contributed by atoms with E-state index in [9.17, 15) is 0 Å². The van der Waals surface area contributed by atoms with Crippen molar-refractivity contribution in [1.82, 2.24) is 9.55 Å². The van der Waals surface area contributed by atoms with Gasteiger partial charge in [-0.2, -0.15) is 0 Å². The molecule has 0 aliphatic carbocycles. The Hall–Kier alpha value is -2.20. The minimum absolute atomic E-state index is 0.436. The van der Waals surface area contributed by atoms with E-state index in [1.165, 1.54) is 11.1 Å². The van der Waals surface area contributed by atoms with Gasteiger partial charge in [0.2, 0.25) is 0 Å². The van der Waals surface area contributed by atoms with E-state index in [4.69, 9.17) is 18.0 Å². The SMILES string of the molecule is Cc1cncc(Cn2ccc3c(C(N)=S)cccc32)c1. The number of rotatable bonds is 3. The van der Waals surface area contributed by atoms with Gasteiger partial charge in [-0.25, -0.2) is 0 Å². The molecule has 0 atom stereocenters. The highest BCUT2D eigenvalue weighted by Gasteiger charge is 2.07. The number of nitrogens with zero attached hydrogens (tertiary/aromatic N) is 2. The van der Waals surface area contributed by atoms with Gasteiger partial charge in [-0.1, -0.05) is 30.4 Å². The Morgan fingerprint density at radius 2 is 2.15 bits per heavy atom. The van der Waals surface area contributed by atoms with Gasteiger partial charge < -0.3 is 10.3 Å². The van der Waals surface area contributed by atoms with E-state index < -0.39 is 0 Å². The van der Waals surface area contributed by atoms with Crippen LogP contribution >= 0.6 is 12.2 Å². The molecule has 0 spiro atoms. The smallest absolute Gasteiger partial charge is 0.104 e. The number of fused-ring (bicyclic) bond motifs is 1. The van der Waals surface area contributed by atoms with Crippen LogP contribution in [-0.2, 0) is 6.54 Å². The molecular weight excluding hydrogens is 266 g/mol. The third-order valence-electron chi connectivity index (χ3n) is 3.36. The van der Waals surface area contributed by atoms with Crippen LogP contribution in [0.1, 0.15) is 16.7 Å². The van der Waals surface area contributed by atoms with Crippen molar-refractivity contribution in [2.75, 3.05) is 0 Å². The Morgan fingerprint density at radius 3 is 2.90 bits per heavy atom. The second kappa shape index (κ2) is 5.06. The molecule has 3 nitrogen and oxygen atoms in total. The summed E-state index contributed by atoms with van der Waals surface area (Å²) in [5.74, 6) is 0. The fourth-order valence-corrected chi connectivity index (χ4v) is 2.65. The lowest BCUT2D eigenvalue weighted by molar-refractivity contribution is 0.830. The molecule has 2 heterocycles. The molecule has 0 bridgehead atoms. The van der Waals surface area contributed by atoms with Crippen molar-refractivity contribution >= 4 is 28.1 Å². The zero-order chi connectivity index (χ0) is 14.1. The molecule has 0 amide bonds. The van der Waals surface area contributed by atoms with Gasteiger partial charge in [0.1, 0.15) is 4.99 Å². The van der Waals surface area contributed by atoms with E-state index in [2.05, 4.69) is 40.9 Å². The lowest BCUT2D eigenvalue weighted by Crippen LogP contribution is -2.09. The highest BCUT2D eigenvalue weighted by Crippen LogP contribution is 2.21. The summed E-state index contributed by atoms with van der Waals surface area (Å²) in [7, 11) is 0. The number of nitrogens with two attached hydrogens (primary N) is 1. The molecule has 3 aromatic rings. The van der Waals surface area contributed by atoms with E-state index >= 15 is 0 Å². The molecule has 2 N–H and O–H groups in total. The summed E-state index contributed by atoms with van der Waals surface area (Å²) < 4.78 is 2.19. The highest BCUT2D eigenvalue weighted by atomic mass is 32.1. The Bertz CT molecular complexity index is 789. The second-order valence-corrected chi connectivity index (χ2v) is 5.36. The lowest BCUT2D eigenvalue weighted by Gasteiger charge is -2.07. The number of pyridine rings is 1. The molecule has 4 heteroatoms. The highest BCUT2D eigenvalue weighted by molar-refractivity contribution is 7.80. The fraction of sp³-hybridized carbons (Fsp3) is 0.125. The van der Waals surface area contributed by atoms with Crippen LogP contribution in [0, 0.1) is 6.92 Å². The van der Waals surface area contributed by atoms with Crippen LogP contribution in [0.5, 0.6) is 0 Å². The Balaban J connectivity index is 2.05. The largest absolute Gasteiger partial charge is 0.389 e. The first-order valence-electron chi connectivity index (χ1n) is 6.43. The summed E-state index contributed by atoms with van der Waals surface area (Å²) in [5.41, 5.74) is 10.2. The minimum atomic E-state index is 0.436.